The van der Waals surface area contributed by atoms with Crippen LogP contribution >= 0.6 is 11.3 Å². The van der Waals surface area contributed by atoms with Crippen molar-refractivity contribution in [3.05, 3.63) is 46.0 Å². The molecule has 18 heavy (non-hydrogen) atoms. The van der Waals surface area contributed by atoms with Crippen LogP contribution in [0.4, 0.5) is 13.9 Å². The summed E-state index contributed by atoms with van der Waals surface area (Å²) in [5.74, 6) is -2.62. The molecule has 94 valence electrons. The summed E-state index contributed by atoms with van der Waals surface area (Å²) < 4.78 is 26.7. The highest BCUT2D eigenvalue weighted by Crippen LogP contribution is 2.22. The number of aryl methyl sites for hydroxylation is 2. The number of aromatic nitrogens is 1. The van der Waals surface area contributed by atoms with Crippen molar-refractivity contribution >= 4 is 22.4 Å². The molecule has 0 aliphatic carbocycles. The van der Waals surface area contributed by atoms with Crippen molar-refractivity contribution in [1.82, 2.24) is 4.98 Å². The molecule has 1 aromatic heterocycles. The van der Waals surface area contributed by atoms with Crippen LogP contribution < -0.4 is 5.32 Å². The average Bonchev–Trinajstić information content (AvgIpc) is 2.57. The van der Waals surface area contributed by atoms with Crippen molar-refractivity contribution in [1.29, 1.82) is 0 Å². The Bertz CT molecular complexity index is 570. The summed E-state index contributed by atoms with van der Waals surface area (Å²) in [5.41, 5.74) is 0.187. The molecule has 0 unspecified atom stereocenters. The monoisotopic (exact) mass is 268 g/mol. The van der Waals surface area contributed by atoms with Crippen LogP contribution in [0, 0.1) is 25.5 Å². The fourth-order valence-electron chi connectivity index (χ4n) is 1.40. The first-order valence-corrected chi connectivity index (χ1v) is 6.00. The van der Waals surface area contributed by atoms with E-state index in [1.54, 1.807) is 6.92 Å². The lowest BCUT2D eigenvalue weighted by molar-refractivity contribution is 0.101. The van der Waals surface area contributed by atoms with Crippen LogP contribution in [0.15, 0.2) is 18.2 Å². The maximum absolute atomic E-state index is 13.4. The molecule has 0 atom stereocenters. The smallest absolute Gasteiger partial charge is 0.263 e. The van der Waals surface area contributed by atoms with Gasteiger partial charge < -0.3 is 0 Å². The summed E-state index contributed by atoms with van der Waals surface area (Å²) >= 11 is 1.26. The highest BCUT2D eigenvalue weighted by Gasteiger charge is 2.18. The first kappa shape index (κ1) is 12.6. The summed E-state index contributed by atoms with van der Waals surface area (Å²) in [5, 5.41) is 2.72. The van der Waals surface area contributed by atoms with Gasteiger partial charge in [-0.25, -0.2) is 13.8 Å². The van der Waals surface area contributed by atoms with Gasteiger partial charge in [-0.05, 0) is 26.0 Å². The molecule has 2 aromatic rings. The highest BCUT2D eigenvalue weighted by atomic mass is 32.1. The normalized spacial score (nSPS) is 10.4. The lowest BCUT2D eigenvalue weighted by Gasteiger charge is -2.03. The lowest BCUT2D eigenvalue weighted by Crippen LogP contribution is -2.15. The molecule has 1 aromatic carbocycles. The Labute approximate surface area is 106 Å². The van der Waals surface area contributed by atoms with Gasteiger partial charge in [0.25, 0.3) is 5.91 Å². The predicted octanol–water partition coefficient (Wildman–Crippen LogP) is 3.29. The fourth-order valence-corrected chi connectivity index (χ4v) is 2.21. The average molecular weight is 268 g/mol. The van der Waals surface area contributed by atoms with Gasteiger partial charge in [0.2, 0.25) is 0 Å². The number of carbonyl (C=O) groups excluding carboxylic acids is 1. The summed E-state index contributed by atoms with van der Waals surface area (Å²) in [7, 11) is 0. The van der Waals surface area contributed by atoms with E-state index in [2.05, 4.69) is 10.3 Å². The minimum absolute atomic E-state index is 0.331. The molecule has 0 spiro atoms. The zero-order valence-corrected chi connectivity index (χ0v) is 10.6. The molecule has 2 rings (SSSR count). The first-order valence-electron chi connectivity index (χ1n) is 5.18. The van der Waals surface area contributed by atoms with Crippen molar-refractivity contribution in [2.45, 2.75) is 13.8 Å². The van der Waals surface area contributed by atoms with Gasteiger partial charge >= 0.3 is 0 Å². The van der Waals surface area contributed by atoms with Gasteiger partial charge in [0.1, 0.15) is 17.2 Å². The zero-order valence-electron chi connectivity index (χ0n) is 9.75. The molecule has 0 bridgehead atoms. The van der Waals surface area contributed by atoms with Crippen LogP contribution in [0.25, 0.3) is 0 Å². The predicted molar refractivity (Wildman–Crippen MR) is 65.9 cm³/mol. The number of thiazole rings is 1. The second-order valence-electron chi connectivity index (χ2n) is 3.71. The zero-order chi connectivity index (χ0) is 13.3. The quantitative estimate of drug-likeness (QED) is 0.908. The van der Waals surface area contributed by atoms with Crippen LogP contribution in [0.5, 0.6) is 0 Å². The van der Waals surface area contributed by atoms with E-state index in [9.17, 15) is 13.6 Å². The lowest BCUT2D eigenvalue weighted by atomic mass is 10.2. The molecule has 0 saturated carbocycles. The molecule has 0 radical (unpaired) electrons. The number of anilines is 1. The van der Waals surface area contributed by atoms with Crippen LogP contribution in [0.2, 0.25) is 0 Å². The third-order valence-electron chi connectivity index (χ3n) is 2.44. The molecule has 1 amide bonds. The first-order chi connectivity index (χ1) is 8.49. The van der Waals surface area contributed by atoms with E-state index in [-0.39, 0.29) is 0 Å². The number of hydrogen-bond donors (Lipinski definition) is 1. The number of nitrogens with one attached hydrogen (secondary N) is 1. The Balaban J connectivity index is 2.27. The van der Waals surface area contributed by atoms with Crippen LogP contribution in [0.1, 0.15) is 20.9 Å². The molecule has 0 aliphatic heterocycles. The van der Waals surface area contributed by atoms with Gasteiger partial charge in [-0.15, -0.1) is 11.3 Å². The minimum atomic E-state index is -0.891. The molecule has 1 heterocycles. The number of nitrogens with zero attached hydrogens (tertiary/aromatic N) is 1. The maximum atomic E-state index is 13.4. The molecule has 6 heteroatoms. The molecular weight excluding hydrogens is 258 g/mol. The Morgan fingerprint density at radius 1 is 1.28 bits per heavy atom. The van der Waals surface area contributed by atoms with E-state index < -0.39 is 23.1 Å². The number of carbonyl (C=O) groups is 1. The van der Waals surface area contributed by atoms with E-state index in [1.807, 2.05) is 6.92 Å². The highest BCUT2D eigenvalue weighted by molar-refractivity contribution is 7.15. The molecule has 0 aliphatic rings. The van der Waals surface area contributed by atoms with Crippen molar-refractivity contribution < 1.29 is 13.6 Å². The van der Waals surface area contributed by atoms with Gasteiger partial charge in [0.15, 0.2) is 5.13 Å². The summed E-state index contributed by atoms with van der Waals surface area (Å²) in [6.45, 7) is 3.65. The Morgan fingerprint density at radius 3 is 2.39 bits per heavy atom. The second-order valence-corrected chi connectivity index (χ2v) is 4.91. The summed E-state index contributed by atoms with van der Waals surface area (Å²) in [6.07, 6.45) is 0. The third-order valence-corrected chi connectivity index (χ3v) is 3.43. The molecular formula is C12H10F2N2OS. The van der Waals surface area contributed by atoms with Gasteiger partial charge in [-0.1, -0.05) is 6.07 Å². The van der Waals surface area contributed by atoms with Gasteiger partial charge in [0, 0.05) is 4.88 Å². The number of rotatable bonds is 2. The van der Waals surface area contributed by atoms with Crippen molar-refractivity contribution in [3.8, 4) is 0 Å². The van der Waals surface area contributed by atoms with E-state index >= 15 is 0 Å². The standard InChI is InChI=1S/C12H10F2N2OS/c1-6-7(2)18-12(15-6)16-11(17)10-8(13)4-3-5-9(10)14/h3-5H,1-2H3,(H,15,16,17). The number of halogens is 2. The summed E-state index contributed by atoms with van der Waals surface area (Å²) in [4.78, 5) is 16.8. The SMILES string of the molecule is Cc1nc(NC(=O)c2c(F)cccc2F)sc1C. The third kappa shape index (κ3) is 2.38. The number of benzene rings is 1. The van der Waals surface area contributed by atoms with E-state index in [1.165, 1.54) is 17.4 Å². The van der Waals surface area contributed by atoms with Crippen LogP contribution in [-0.4, -0.2) is 10.9 Å². The van der Waals surface area contributed by atoms with Crippen molar-refractivity contribution in [2.75, 3.05) is 5.32 Å². The Hall–Kier alpha value is -1.82. The van der Waals surface area contributed by atoms with Crippen LogP contribution in [-0.2, 0) is 0 Å². The number of amides is 1. The molecule has 1 N–H and O–H groups in total. The largest absolute Gasteiger partial charge is 0.298 e. The Morgan fingerprint density at radius 2 is 1.89 bits per heavy atom. The van der Waals surface area contributed by atoms with Gasteiger partial charge in [-0.2, -0.15) is 0 Å². The van der Waals surface area contributed by atoms with Gasteiger partial charge in [-0.3, -0.25) is 10.1 Å². The molecule has 3 nitrogen and oxygen atoms in total. The van der Waals surface area contributed by atoms with Gasteiger partial charge in [0.05, 0.1) is 5.69 Å². The minimum Gasteiger partial charge on any atom is -0.298 e. The van der Waals surface area contributed by atoms with Crippen LogP contribution in [0.3, 0.4) is 0 Å². The van der Waals surface area contributed by atoms with Crippen molar-refractivity contribution in [3.63, 3.8) is 0 Å². The summed E-state index contributed by atoms with van der Waals surface area (Å²) in [6, 6.07) is 3.28. The molecule has 0 saturated heterocycles. The van der Waals surface area contributed by atoms with E-state index in [4.69, 9.17) is 0 Å². The molecule has 0 fully saturated rings. The maximum Gasteiger partial charge on any atom is 0.263 e. The van der Waals surface area contributed by atoms with E-state index in [0.717, 1.165) is 22.7 Å². The Kier molecular flexibility index (Phi) is 3.38. The number of hydrogen-bond acceptors (Lipinski definition) is 3. The fraction of sp³-hybridized carbons (Fsp3) is 0.167. The van der Waals surface area contributed by atoms with Crippen molar-refractivity contribution in [2.24, 2.45) is 0 Å². The van der Waals surface area contributed by atoms with E-state index in [0.29, 0.717) is 5.13 Å². The second kappa shape index (κ2) is 4.81. The topological polar surface area (TPSA) is 42.0 Å².